The number of anilines is 2. The first-order chi connectivity index (χ1) is 15.8. The molecule has 2 N–H and O–H groups in total. The van der Waals surface area contributed by atoms with Crippen molar-refractivity contribution in [2.75, 3.05) is 5.32 Å². The summed E-state index contributed by atoms with van der Waals surface area (Å²) in [5.41, 5.74) is 2.97. The van der Waals surface area contributed by atoms with Crippen molar-refractivity contribution in [1.29, 1.82) is 0 Å². The molecule has 8 heteroatoms. The minimum absolute atomic E-state index is 0.304. The molecule has 0 spiro atoms. The van der Waals surface area contributed by atoms with Crippen LogP contribution in [0.2, 0.25) is 0 Å². The Morgan fingerprint density at radius 2 is 1.94 bits per heavy atom. The summed E-state index contributed by atoms with van der Waals surface area (Å²) in [5, 5.41) is 14.5. The van der Waals surface area contributed by atoms with E-state index in [9.17, 15) is 13.5 Å². The number of fused-ring (bicyclic) bond motifs is 2. The van der Waals surface area contributed by atoms with E-state index < -0.39 is 21.4 Å². The Morgan fingerprint density at radius 3 is 2.70 bits per heavy atom. The second-order valence-corrected chi connectivity index (χ2v) is 11.0. The zero-order valence-corrected chi connectivity index (χ0v) is 19.2. The van der Waals surface area contributed by atoms with Gasteiger partial charge in [0.25, 0.3) is 0 Å². The van der Waals surface area contributed by atoms with Gasteiger partial charge >= 0.3 is 0 Å². The Morgan fingerprint density at radius 1 is 1.12 bits per heavy atom. The Balaban J connectivity index is 1.47. The molecule has 0 amide bonds. The van der Waals surface area contributed by atoms with E-state index in [1.165, 1.54) is 10.3 Å². The number of nitrogens with one attached hydrogen (secondary N) is 1. The van der Waals surface area contributed by atoms with Crippen molar-refractivity contribution in [2.45, 2.75) is 38.0 Å². The molecular formula is C25H24N4O3S. The zero-order chi connectivity index (χ0) is 23.2. The van der Waals surface area contributed by atoms with Crippen LogP contribution >= 0.6 is 0 Å². The average Bonchev–Trinajstić information content (AvgIpc) is 3.56. The smallest absolute Gasteiger partial charge is 0.241 e. The Bertz CT molecular complexity index is 1530. The van der Waals surface area contributed by atoms with Gasteiger partial charge in [-0.2, -0.15) is 0 Å². The second kappa shape index (κ2) is 8.18. The van der Waals surface area contributed by atoms with Gasteiger partial charge in [0.05, 0.1) is 16.3 Å². The van der Waals surface area contributed by atoms with E-state index in [-0.39, 0.29) is 0 Å². The van der Waals surface area contributed by atoms with Gasteiger partial charge in [-0.15, -0.1) is 0 Å². The van der Waals surface area contributed by atoms with Gasteiger partial charge in [-0.25, -0.2) is 22.4 Å². The molecule has 168 valence electrons. The molecule has 5 rings (SSSR count). The third-order valence-corrected chi connectivity index (χ3v) is 7.91. The molecule has 2 aromatic carbocycles. The largest absolute Gasteiger partial charge is 0.380 e. The van der Waals surface area contributed by atoms with Crippen LogP contribution in [0.1, 0.15) is 32.3 Å². The number of aliphatic hydroxyl groups excluding tert-OH is 1. The Kier molecular flexibility index (Phi) is 5.31. The highest BCUT2D eigenvalue weighted by Crippen LogP contribution is 2.32. The van der Waals surface area contributed by atoms with Crippen LogP contribution in [0.25, 0.3) is 21.8 Å². The lowest BCUT2D eigenvalue weighted by Gasteiger charge is -2.11. The van der Waals surface area contributed by atoms with Crippen molar-refractivity contribution in [3.05, 3.63) is 60.6 Å². The third kappa shape index (κ3) is 4.17. The molecule has 1 fully saturated rings. The van der Waals surface area contributed by atoms with Gasteiger partial charge in [-0.1, -0.05) is 11.8 Å². The molecular weight excluding hydrogens is 436 g/mol. The minimum atomic E-state index is -3.43. The number of hydrogen-bond donors (Lipinski definition) is 2. The van der Waals surface area contributed by atoms with Gasteiger partial charge in [-0.3, -0.25) is 0 Å². The molecule has 1 unspecified atom stereocenters. The van der Waals surface area contributed by atoms with E-state index in [4.69, 9.17) is 0 Å². The van der Waals surface area contributed by atoms with Crippen LogP contribution in [0.5, 0.6) is 0 Å². The maximum absolute atomic E-state index is 12.6. The predicted molar refractivity (Wildman–Crippen MR) is 130 cm³/mol. The molecule has 4 aromatic rings. The van der Waals surface area contributed by atoms with E-state index in [1.807, 2.05) is 30.3 Å². The number of hydrogen-bond acceptors (Lipinski definition) is 6. The van der Waals surface area contributed by atoms with Crippen molar-refractivity contribution < 1.29 is 13.5 Å². The van der Waals surface area contributed by atoms with E-state index in [1.54, 1.807) is 32.2 Å². The molecule has 1 atom stereocenters. The highest BCUT2D eigenvalue weighted by Gasteiger charge is 2.28. The summed E-state index contributed by atoms with van der Waals surface area (Å²) in [5.74, 6) is 6.92. The molecule has 2 heterocycles. The van der Waals surface area contributed by atoms with E-state index in [0.29, 0.717) is 17.3 Å². The van der Waals surface area contributed by atoms with Gasteiger partial charge in [0.2, 0.25) is 10.0 Å². The maximum atomic E-state index is 12.6. The molecule has 0 bridgehead atoms. The lowest BCUT2D eigenvalue weighted by molar-refractivity contribution is 0.209. The monoisotopic (exact) mass is 460 g/mol. The third-order valence-electron chi connectivity index (χ3n) is 5.86. The standard InChI is InChI=1S/C25H24N4O3S/c1-16(2)33(31,32)29-12-11-19-14-20(7-9-23(19)29)28-25-21-13-17(3-8-22(21)26-15-27-25)4-10-24(30)18-5-6-18/h3,7-9,11-16,18,24,30H,5-6H2,1-2H3,(H,26,27,28). The van der Waals surface area contributed by atoms with E-state index >= 15 is 0 Å². The van der Waals surface area contributed by atoms with Crippen LogP contribution in [-0.2, 0) is 10.0 Å². The number of rotatable bonds is 5. The molecule has 0 saturated heterocycles. The molecule has 1 aliphatic rings. The van der Waals surface area contributed by atoms with Crippen LogP contribution < -0.4 is 5.32 Å². The minimum Gasteiger partial charge on any atom is -0.380 e. The van der Waals surface area contributed by atoms with Gasteiger partial charge in [0, 0.05) is 28.2 Å². The lowest BCUT2D eigenvalue weighted by atomic mass is 10.1. The van der Waals surface area contributed by atoms with Crippen molar-refractivity contribution in [1.82, 2.24) is 13.9 Å². The normalized spacial score (nSPS) is 14.9. The lowest BCUT2D eigenvalue weighted by Crippen LogP contribution is -2.21. The number of nitrogens with zero attached hydrogens (tertiary/aromatic N) is 3. The van der Waals surface area contributed by atoms with Crippen molar-refractivity contribution >= 4 is 43.3 Å². The summed E-state index contributed by atoms with van der Waals surface area (Å²) in [6.07, 6.45) is 4.57. The molecule has 33 heavy (non-hydrogen) atoms. The summed E-state index contributed by atoms with van der Waals surface area (Å²) < 4.78 is 26.5. The molecule has 1 aliphatic carbocycles. The van der Waals surface area contributed by atoms with Crippen molar-refractivity contribution in [2.24, 2.45) is 5.92 Å². The second-order valence-electron chi connectivity index (χ2n) is 8.61. The topological polar surface area (TPSA) is 97.1 Å². The van der Waals surface area contributed by atoms with Crippen LogP contribution in [0.3, 0.4) is 0 Å². The zero-order valence-electron chi connectivity index (χ0n) is 18.4. The van der Waals surface area contributed by atoms with Crippen LogP contribution in [0, 0.1) is 17.8 Å². The van der Waals surface area contributed by atoms with E-state index in [0.717, 1.165) is 40.4 Å². The molecule has 0 aliphatic heterocycles. The molecule has 1 saturated carbocycles. The SMILES string of the molecule is CC(C)S(=O)(=O)n1ccc2cc(Nc3ncnc4ccc(C#CC(O)C5CC5)cc34)ccc21. The first kappa shape index (κ1) is 21.4. The fourth-order valence-electron chi connectivity index (χ4n) is 3.70. The molecule has 2 aromatic heterocycles. The van der Waals surface area contributed by atoms with Crippen molar-refractivity contribution in [3.63, 3.8) is 0 Å². The highest BCUT2D eigenvalue weighted by molar-refractivity contribution is 7.90. The summed E-state index contributed by atoms with van der Waals surface area (Å²) >= 11 is 0. The summed E-state index contributed by atoms with van der Waals surface area (Å²) in [6.45, 7) is 3.34. The van der Waals surface area contributed by atoms with Gasteiger partial charge < -0.3 is 10.4 Å². The van der Waals surface area contributed by atoms with Crippen LogP contribution in [-0.4, -0.2) is 38.8 Å². The Hall–Kier alpha value is -3.41. The summed E-state index contributed by atoms with van der Waals surface area (Å²) in [6, 6.07) is 13.0. The number of aromatic nitrogens is 3. The van der Waals surface area contributed by atoms with Crippen LogP contribution in [0.15, 0.2) is 55.0 Å². The summed E-state index contributed by atoms with van der Waals surface area (Å²) in [7, 11) is -3.43. The fourth-order valence-corrected chi connectivity index (χ4v) is 4.83. The predicted octanol–water partition coefficient (Wildman–Crippen LogP) is 4.04. The first-order valence-corrected chi connectivity index (χ1v) is 12.4. The average molecular weight is 461 g/mol. The molecule has 7 nitrogen and oxygen atoms in total. The van der Waals surface area contributed by atoms with Gasteiger partial charge in [-0.05, 0) is 75.1 Å². The summed E-state index contributed by atoms with van der Waals surface area (Å²) in [4.78, 5) is 8.74. The maximum Gasteiger partial charge on any atom is 0.241 e. The first-order valence-electron chi connectivity index (χ1n) is 10.9. The molecule has 0 radical (unpaired) electrons. The quantitative estimate of drug-likeness (QED) is 0.437. The van der Waals surface area contributed by atoms with Crippen LogP contribution in [0.4, 0.5) is 11.5 Å². The number of benzene rings is 2. The number of aliphatic hydroxyl groups is 1. The van der Waals surface area contributed by atoms with E-state index in [2.05, 4.69) is 27.1 Å². The fraction of sp³-hybridized carbons (Fsp3) is 0.280. The Labute approximate surface area is 192 Å². The van der Waals surface area contributed by atoms with Gasteiger partial charge in [0.15, 0.2) is 0 Å². The highest BCUT2D eigenvalue weighted by atomic mass is 32.2. The van der Waals surface area contributed by atoms with Gasteiger partial charge in [0.1, 0.15) is 18.2 Å². The van der Waals surface area contributed by atoms with Crippen molar-refractivity contribution in [3.8, 4) is 11.8 Å².